The number of hydrogen-bond acceptors (Lipinski definition) is 0. The van der Waals surface area contributed by atoms with E-state index in [4.69, 9.17) is 0 Å². The Hall–Kier alpha value is -0.820. The smallest absolute Gasteiger partial charge is 0.104 e. The second kappa shape index (κ2) is 6.97. The van der Waals surface area contributed by atoms with Crippen molar-refractivity contribution in [3.8, 4) is 0 Å². The summed E-state index contributed by atoms with van der Waals surface area (Å²) in [5.41, 5.74) is 2.44. The summed E-state index contributed by atoms with van der Waals surface area (Å²) in [6.45, 7) is 26.3. The standard InChI is InChI=1S/C22H40N/c1-20(2,3)16-23(17-21(4,5)6,18-22(7,8)9)15-19-13-11-10-12-14-19/h10-14H,15-18H2,1-9H3/q+1. The van der Waals surface area contributed by atoms with Crippen molar-refractivity contribution in [2.75, 3.05) is 19.6 Å². The molecule has 0 heterocycles. The highest BCUT2D eigenvalue weighted by Gasteiger charge is 2.39. The largest absolute Gasteiger partial charge is 0.319 e. The lowest BCUT2D eigenvalue weighted by Crippen LogP contribution is -2.58. The summed E-state index contributed by atoms with van der Waals surface area (Å²) in [6.07, 6.45) is 0. The van der Waals surface area contributed by atoms with Crippen molar-refractivity contribution in [2.45, 2.75) is 68.9 Å². The highest BCUT2D eigenvalue weighted by molar-refractivity contribution is 5.13. The zero-order valence-electron chi connectivity index (χ0n) is 17.2. The first-order chi connectivity index (χ1) is 10.2. The number of nitrogens with zero attached hydrogens (tertiary/aromatic N) is 1. The van der Waals surface area contributed by atoms with Gasteiger partial charge in [0.25, 0.3) is 0 Å². The van der Waals surface area contributed by atoms with Crippen molar-refractivity contribution >= 4 is 0 Å². The third-order valence-electron chi connectivity index (χ3n) is 3.79. The van der Waals surface area contributed by atoms with E-state index in [1.807, 2.05) is 0 Å². The third kappa shape index (κ3) is 8.55. The maximum absolute atomic E-state index is 2.39. The van der Waals surface area contributed by atoms with Crippen LogP contribution >= 0.6 is 0 Å². The maximum atomic E-state index is 2.39. The van der Waals surface area contributed by atoms with Crippen LogP contribution in [0, 0.1) is 16.2 Å². The fourth-order valence-electron chi connectivity index (χ4n) is 4.32. The average molecular weight is 319 g/mol. The van der Waals surface area contributed by atoms with Gasteiger partial charge < -0.3 is 4.48 Å². The molecule has 0 aromatic heterocycles. The Morgan fingerprint density at radius 3 is 1.26 bits per heavy atom. The summed E-state index contributed by atoms with van der Waals surface area (Å²) in [5, 5.41) is 0. The molecule has 1 nitrogen and oxygen atoms in total. The van der Waals surface area contributed by atoms with Crippen LogP contribution in [-0.4, -0.2) is 24.1 Å². The predicted octanol–water partition coefficient (Wildman–Crippen LogP) is 6.14. The summed E-state index contributed by atoms with van der Waals surface area (Å²) < 4.78 is 1.17. The van der Waals surface area contributed by atoms with E-state index in [0.717, 1.165) is 6.54 Å². The first-order valence-electron chi connectivity index (χ1n) is 9.09. The number of quaternary nitrogens is 1. The van der Waals surface area contributed by atoms with Crippen LogP contribution in [0.4, 0.5) is 0 Å². The Labute approximate surface area is 145 Å². The Morgan fingerprint density at radius 2 is 0.957 bits per heavy atom. The number of hydrogen-bond donors (Lipinski definition) is 0. The first-order valence-corrected chi connectivity index (χ1v) is 9.09. The summed E-state index contributed by atoms with van der Waals surface area (Å²) in [4.78, 5) is 0. The molecule has 1 heteroatoms. The molecule has 23 heavy (non-hydrogen) atoms. The van der Waals surface area contributed by atoms with Gasteiger partial charge in [0.05, 0.1) is 19.6 Å². The molecule has 0 atom stereocenters. The van der Waals surface area contributed by atoms with Gasteiger partial charge in [-0.05, 0) is 0 Å². The van der Waals surface area contributed by atoms with Gasteiger partial charge in [-0.2, -0.15) is 0 Å². The molecule has 0 saturated heterocycles. The summed E-state index contributed by atoms with van der Waals surface area (Å²) in [5.74, 6) is 0. The van der Waals surface area contributed by atoms with Crippen molar-refractivity contribution in [3.63, 3.8) is 0 Å². The van der Waals surface area contributed by atoms with Gasteiger partial charge in [-0.1, -0.05) is 92.6 Å². The molecule has 0 saturated carbocycles. The molecule has 0 amide bonds. The maximum Gasteiger partial charge on any atom is 0.104 e. The molecule has 0 fully saturated rings. The van der Waals surface area contributed by atoms with Gasteiger partial charge in [-0.25, -0.2) is 0 Å². The monoisotopic (exact) mass is 318 g/mol. The van der Waals surface area contributed by atoms with E-state index in [0.29, 0.717) is 16.2 Å². The van der Waals surface area contributed by atoms with Crippen LogP contribution in [0.3, 0.4) is 0 Å². The molecular formula is C22H40N+. The second-order valence-corrected chi connectivity index (χ2v) is 11.1. The van der Waals surface area contributed by atoms with E-state index < -0.39 is 0 Å². The molecule has 0 radical (unpaired) electrons. The Bertz CT molecular complexity index is 425. The summed E-state index contributed by atoms with van der Waals surface area (Å²) in [7, 11) is 0. The van der Waals surface area contributed by atoms with Crippen LogP contribution in [0.15, 0.2) is 30.3 Å². The number of rotatable bonds is 5. The first kappa shape index (κ1) is 20.2. The highest BCUT2D eigenvalue weighted by Crippen LogP contribution is 2.33. The van der Waals surface area contributed by atoms with Gasteiger partial charge >= 0.3 is 0 Å². The molecule has 132 valence electrons. The minimum Gasteiger partial charge on any atom is -0.319 e. The van der Waals surface area contributed by atoms with Gasteiger partial charge in [-0.3, -0.25) is 0 Å². The zero-order valence-corrected chi connectivity index (χ0v) is 17.2. The normalized spacial score (nSPS) is 14.1. The molecule has 0 unspecified atom stereocenters. The van der Waals surface area contributed by atoms with E-state index in [1.165, 1.54) is 29.7 Å². The van der Waals surface area contributed by atoms with E-state index in [-0.39, 0.29) is 0 Å². The van der Waals surface area contributed by atoms with E-state index in [9.17, 15) is 0 Å². The van der Waals surface area contributed by atoms with E-state index in [1.54, 1.807) is 0 Å². The fraction of sp³-hybridized carbons (Fsp3) is 0.727. The van der Waals surface area contributed by atoms with E-state index >= 15 is 0 Å². The third-order valence-corrected chi connectivity index (χ3v) is 3.79. The van der Waals surface area contributed by atoms with Gasteiger partial charge in [0.15, 0.2) is 0 Å². The van der Waals surface area contributed by atoms with Crippen molar-refractivity contribution in [2.24, 2.45) is 16.2 Å². The molecule has 1 aromatic carbocycles. The van der Waals surface area contributed by atoms with Crippen molar-refractivity contribution in [1.29, 1.82) is 0 Å². The van der Waals surface area contributed by atoms with Gasteiger partial charge in [0.2, 0.25) is 0 Å². The second-order valence-electron chi connectivity index (χ2n) is 11.1. The Kier molecular flexibility index (Phi) is 6.13. The molecule has 1 aromatic rings. The predicted molar refractivity (Wildman–Crippen MR) is 103 cm³/mol. The van der Waals surface area contributed by atoms with Crippen molar-refractivity contribution in [3.05, 3.63) is 35.9 Å². The van der Waals surface area contributed by atoms with Gasteiger partial charge in [-0.15, -0.1) is 0 Å². The van der Waals surface area contributed by atoms with Crippen molar-refractivity contribution < 1.29 is 4.48 Å². The topological polar surface area (TPSA) is 0 Å². The molecule has 0 spiro atoms. The molecule has 0 N–H and O–H groups in total. The van der Waals surface area contributed by atoms with Crippen LogP contribution in [0.2, 0.25) is 0 Å². The van der Waals surface area contributed by atoms with Gasteiger partial charge in [0.1, 0.15) is 6.54 Å². The molecule has 0 aliphatic carbocycles. The summed E-state index contributed by atoms with van der Waals surface area (Å²) >= 11 is 0. The van der Waals surface area contributed by atoms with Crippen LogP contribution in [-0.2, 0) is 6.54 Å². The molecule has 0 aliphatic rings. The Balaban J connectivity index is 3.26. The van der Waals surface area contributed by atoms with Crippen molar-refractivity contribution in [1.82, 2.24) is 0 Å². The average Bonchev–Trinajstić information content (AvgIpc) is 2.21. The lowest BCUT2D eigenvalue weighted by Gasteiger charge is -2.49. The molecule has 0 bridgehead atoms. The minimum absolute atomic E-state index is 0.325. The number of benzene rings is 1. The van der Waals surface area contributed by atoms with Crippen LogP contribution in [0.25, 0.3) is 0 Å². The zero-order chi connectivity index (χ0) is 17.9. The highest BCUT2D eigenvalue weighted by atomic mass is 15.4. The molecule has 1 rings (SSSR count). The van der Waals surface area contributed by atoms with Crippen LogP contribution < -0.4 is 0 Å². The fourth-order valence-corrected chi connectivity index (χ4v) is 4.32. The quantitative estimate of drug-likeness (QED) is 0.572. The van der Waals surface area contributed by atoms with Crippen LogP contribution in [0.1, 0.15) is 67.9 Å². The lowest BCUT2D eigenvalue weighted by molar-refractivity contribution is -0.956. The molecular weight excluding hydrogens is 278 g/mol. The van der Waals surface area contributed by atoms with Crippen LogP contribution in [0.5, 0.6) is 0 Å². The minimum atomic E-state index is 0.325. The summed E-state index contributed by atoms with van der Waals surface area (Å²) in [6, 6.07) is 11.1. The SMILES string of the molecule is CC(C)(C)C[N+](Cc1ccccc1)(CC(C)(C)C)CC(C)(C)C. The lowest BCUT2D eigenvalue weighted by atomic mass is 9.85. The van der Waals surface area contributed by atoms with E-state index in [2.05, 4.69) is 92.6 Å². The Morgan fingerprint density at radius 1 is 0.609 bits per heavy atom. The molecule has 0 aliphatic heterocycles. The van der Waals surface area contributed by atoms with Gasteiger partial charge in [0, 0.05) is 21.8 Å².